The van der Waals surface area contributed by atoms with E-state index in [-0.39, 0.29) is 18.5 Å². The van der Waals surface area contributed by atoms with Crippen molar-refractivity contribution >= 4 is 28.6 Å². The Bertz CT molecular complexity index is 1250. The fraction of sp³-hybridized carbons (Fsp3) is 0.321. The van der Waals surface area contributed by atoms with E-state index in [2.05, 4.69) is 27.7 Å². The first-order valence-corrected chi connectivity index (χ1v) is 12.1. The Balaban J connectivity index is 1.17. The standard InChI is InChI=1S/C28H30N4O3/c1-28(23-12-11-21-9-5-6-10-22(21)17-23)26(34)32(27(35)30-28)19-25(33)29-24-13-15-31(16-14-24)18-20-7-3-2-4-8-20/h2-12,17,24H,13-16,18-19H2,1H3,(H,29,33)(H,30,35)/t28-/m0/s1. The number of imide groups is 1. The topological polar surface area (TPSA) is 81.8 Å². The highest BCUT2D eigenvalue weighted by molar-refractivity contribution is 6.09. The first-order valence-electron chi connectivity index (χ1n) is 12.1. The minimum absolute atomic E-state index is 0.0437. The molecule has 2 aliphatic heterocycles. The van der Waals surface area contributed by atoms with Crippen molar-refractivity contribution in [1.29, 1.82) is 0 Å². The van der Waals surface area contributed by atoms with Gasteiger partial charge in [0.05, 0.1) is 0 Å². The molecule has 7 nitrogen and oxygen atoms in total. The summed E-state index contributed by atoms with van der Waals surface area (Å²) in [5.74, 6) is -0.719. The predicted octanol–water partition coefficient (Wildman–Crippen LogP) is 3.39. The van der Waals surface area contributed by atoms with Crippen LogP contribution in [-0.4, -0.2) is 53.3 Å². The van der Waals surface area contributed by atoms with Gasteiger partial charge in [-0.25, -0.2) is 4.79 Å². The minimum atomic E-state index is -1.20. The third kappa shape index (κ3) is 4.77. The predicted molar refractivity (Wildman–Crippen MR) is 134 cm³/mol. The van der Waals surface area contributed by atoms with Crippen LogP contribution in [0.15, 0.2) is 72.8 Å². The minimum Gasteiger partial charge on any atom is -0.352 e. The van der Waals surface area contributed by atoms with Crippen LogP contribution in [0.1, 0.15) is 30.9 Å². The molecular formula is C28H30N4O3. The molecule has 1 atom stereocenters. The first kappa shape index (κ1) is 23.1. The number of amides is 4. The van der Waals surface area contributed by atoms with Gasteiger partial charge in [0.1, 0.15) is 12.1 Å². The van der Waals surface area contributed by atoms with Gasteiger partial charge in [-0.3, -0.25) is 19.4 Å². The van der Waals surface area contributed by atoms with Crippen molar-refractivity contribution in [2.24, 2.45) is 0 Å². The van der Waals surface area contributed by atoms with Gasteiger partial charge in [0.2, 0.25) is 5.91 Å². The number of nitrogens with zero attached hydrogens (tertiary/aromatic N) is 2. The number of urea groups is 1. The fourth-order valence-corrected chi connectivity index (χ4v) is 5.03. The van der Waals surface area contributed by atoms with Crippen LogP contribution in [0.25, 0.3) is 10.8 Å². The van der Waals surface area contributed by atoms with E-state index in [0.717, 1.165) is 48.1 Å². The molecule has 0 unspecified atom stereocenters. The summed E-state index contributed by atoms with van der Waals surface area (Å²) in [7, 11) is 0. The van der Waals surface area contributed by atoms with Crippen molar-refractivity contribution in [3.05, 3.63) is 83.9 Å². The summed E-state index contributed by atoms with van der Waals surface area (Å²) in [6.07, 6.45) is 1.68. The van der Waals surface area contributed by atoms with Crippen molar-refractivity contribution in [1.82, 2.24) is 20.4 Å². The molecule has 3 aromatic carbocycles. The summed E-state index contributed by atoms with van der Waals surface area (Å²) in [5, 5.41) is 7.87. The average Bonchev–Trinajstić information content (AvgIpc) is 3.09. The molecule has 2 heterocycles. The van der Waals surface area contributed by atoms with Crippen molar-refractivity contribution in [3.8, 4) is 0 Å². The van der Waals surface area contributed by atoms with Crippen LogP contribution in [0.3, 0.4) is 0 Å². The van der Waals surface area contributed by atoms with Gasteiger partial charge in [0.25, 0.3) is 5.91 Å². The Hall–Kier alpha value is -3.71. The van der Waals surface area contributed by atoms with Gasteiger partial charge < -0.3 is 10.6 Å². The lowest BCUT2D eigenvalue weighted by Crippen LogP contribution is -2.48. The van der Waals surface area contributed by atoms with Crippen LogP contribution >= 0.6 is 0 Å². The maximum atomic E-state index is 13.3. The Morgan fingerprint density at radius 1 is 0.971 bits per heavy atom. The van der Waals surface area contributed by atoms with E-state index in [0.29, 0.717) is 5.56 Å². The molecule has 7 heteroatoms. The van der Waals surface area contributed by atoms with E-state index in [1.54, 1.807) is 6.92 Å². The highest BCUT2D eigenvalue weighted by Gasteiger charge is 2.49. The maximum Gasteiger partial charge on any atom is 0.325 e. The van der Waals surface area contributed by atoms with E-state index in [9.17, 15) is 14.4 Å². The lowest BCUT2D eigenvalue weighted by atomic mass is 9.90. The molecule has 35 heavy (non-hydrogen) atoms. The van der Waals surface area contributed by atoms with Crippen LogP contribution < -0.4 is 10.6 Å². The summed E-state index contributed by atoms with van der Waals surface area (Å²) in [6, 6.07) is 23.4. The molecule has 2 aliphatic rings. The van der Waals surface area contributed by atoms with E-state index in [1.165, 1.54) is 5.56 Å². The molecule has 2 fully saturated rings. The molecule has 0 aliphatic carbocycles. The van der Waals surface area contributed by atoms with Crippen LogP contribution in [0, 0.1) is 0 Å². The van der Waals surface area contributed by atoms with Gasteiger partial charge in [-0.05, 0) is 47.7 Å². The number of hydrogen-bond donors (Lipinski definition) is 2. The van der Waals surface area contributed by atoms with Gasteiger partial charge in [0, 0.05) is 25.7 Å². The number of carbonyl (C=O) groups excluding carboxylic acids is 3. The van der Waals surface area contributed by atoms with E-state index in [1.807, 2.05) is 60.7 Å². The average molecular weight is 471 g/mol. The summed E-state index contributed by atoms with van der Waals surface area (Å²) < 4.78 is 0. The normalized spacial score (nSPS) is 21.3. The number of nitrogens with one attached hydrogen (secondary N) is 2. The molecule has 2 N–H and O–H groups in total. The zero-order valence-corrected chi connectivity index (χ0v) is 19.9. The van der Waals surface area contributed by atoms with Crippen molar-refractivity contribution < 1.29 is 14.4 Å². The van der Waals surface area contributed by atoms with Crippen molar-refractivity contribution in [3.63, 3.8) is 0 Å². The zero-order valence-electron chi connectivity index (χ0n) is 19.9. The second-order valence-electron chi connectivity index (χ2n) is 9.61. The zero-order chi connectivity index (χ0) is 24.4. The molecule has 4 amide bonds. The fourth-order valence-electron chi connectivity index (χ4n) is 5.03. The van der Waals surface area contributed by atoms with Crippen LogP contribution in [0.2, 0.25) is 0 Å². The molecule has 180 valence electrons. The summed E-state index contributed by atoms with van der Waals surface area (Å²) in [4.78, 5) is 42.1. The number of piperidine rings is 1. The largest absolute Gasteiger partial charge is 0.352 e. The van der Waals surface area contributed by atoms with Crippen LogP contribution in [-0.2, 0) is 21.7 Å². The van der Waals surface area contributed by atoms with Crippen LogP contribution in [0.4, 0.5) is 4.79 Å². The van der Waals surface area contributed by atoms with Gasteiger partial charge in [-0.15, -0.1) is 0 Å². The lowest BCUT2D eigenvalue weighted by Gasteiger charge is -2.32. The van der Waals surface area contributed by atoms with Gasteiger partial charge in [-0.2, -0.15) is 0 Å². The molecule has 0 bridgehead atoms. The summed E-state index contributed by atoms with van der Waals surface area (Å²) >= 11 is 0. The van der Waals surface area contributed by atoms with E-state index in [4.69, 9.17) is 0 Å². The molecule has 0 spiro atoms. The van der Waals surface area contributed by atoms with Gasteiger partial charge in [-0.1, -0.05) is 66.7 Å². The second kappa shape index (κ2) is 9.50. The van der Waals surface area contributed by atoms with Crippen molar-refractivity contribution in [2.75, 3.05) is 19.6 Å². The van der Waals surface area contributed by atoms with Gasteiger partial charge >= 0.3 is 6.03 Å². The summed E-state index contributed by atoms with van der Waals surface area (Å²) in [5.41, 5.74) is 0.774. The smallest absolute Gasteiger partial charge is 0.325 e. The molecule has 5 rings (SSSR count). The van der Waals surface area contributed by atoms with E-state index >= 15 is 0 Å². The Morgan fingerprint density at radius 2 is 1.66 bits per heavy atom. The first-order chi connectivity index (χ1) is 16.9. The Labute approximate surface area is 205 Å². The van der Waals surface area contributed by atoms with Crippen molar-refractivity contribution in [2.45, 2.75) is 37.9 Å². The SMILES string of the molecule is C[C@@]1(c2ccc3ccccc3c2)NC(=O)N(CC(=O)NC2CCN(Cc3ccccc3)CC2)C1=O. The van der Waals surface area contributed by atoms with E-state index < -0.39 is 17.5 Å². The molecule has 2 saturated heterocycles. The highest BCUT2D eigenvalue weighted by atomic mass is 16.2. The quantitative estimate of drug-likeness (QED) is 0.541. The van der Waals surface area contributed by atoms with Gasteiger partial charge in [0.15, 0.2) is 0 Å². The number of benzene rings is 3. The second-order valence-corrected chi connectivity index (χ2v) is 9.61. The van der Waals surface area contributed by atoms with Crippen LogP contribution in [0.5, 0.6) is 0 Å². The highest BCUT2D eigenvalue weighted by Crippen LogP contribution is 2.31. The molecule has 0 aromatic heterocycles. The Kier molecular flexibility index (Phi) is 6.26. The molecule has 0 saturated carbocycles. The lowest BCUT2D eigenvalue weighted by molar-refractivity contribution is -0.135. The third-order valence-electron chi connectivity index (χ3n) is 7.11. The number of carbonyl (C=O) groups is 3. The number of likely N-dealkylation sites (tertiary alicyclic amines) is 1. The molecule has 3 aromatic rings. The Morgan fingerprint density at radius 3 is 2.40 bits per heavy atom. The number of rotatable bonds is 6. The molecular weight excluding hydrogens is 440 g/mol. The molecule has 0 radical (unpaired) electrons. The number of fused-ring (bicyclic) bond motifs is 1. The maximum absolute atomic E-state index is 13.3. The monoisotopic (exact) mass is 470 g/mol. The number of hydrogen-bond acceptors (Lipinski definition) is 4. The summed E-state index contributed by atoms with van der Waals surface area (Å²) in [6.45, 7) is 4.10. The third-order valence-corrected chi connectivity index (χ3v) is 7.11.